The number of fused-ring (bicyclic) bond motifs is 2. The van der Waals surface area contributed by atoms with Crippen LogP contribution in [-0.4, -0.2) is 35.2 Å². The van der Waals surface area contributed by atoms with Crippen molar-refractivity contribution in [1.29, 1.82) is 0 Å². The number of thioether (sulfide) groups is 1. The van der Waals surface area contributed by atoms with Crippen LogP contribution in [0.25, 0.3) is 0 Å². The second-order valence-corrected chi connectivity index (χ2v) is 8.09. The number of carbonyl (C=O) groups is 2. The van der Waals surface area contributed by atoms with E-state index in [-0.39, 0.29) is 12.6 Å². The van der Waals surface area contributed by atoms with Crippen molar-refractivity contribution in [2.45, 2.75) is 54.7 Å². The normalized spacial score (nSPS) is 28.7. The second-order valence-electron chi connectivity index (χ2n) is 6.48. The van der Waals surface area contributed by atoms with E-state index in [1.54, 1.807) is 0 Å². The van der Waals surface area contributed by atoms with Gasteiger partial charge in [-0.3, -0.25) is 0 Å². The quantitative estimate of drug-likeness (QED) is 0.845. The van der Waals surface area contributed by atoms with Crippen LogP contribution in [0.5, 0.6) is 0 Å². The van der Waals surface area contributed by atoms with Crippen molar-refractivity contribution in [1.82, 2.24) is 5.32 Å². The van der Waals surface area contributed by atoms with Crippen molar-refractivity contribution in [3.05, 3.63) is 35.9 Å². The Morgan fingerprint density at radius 3 is 2.50 bits per heavy atom. The summed E-state index contributed by atoms with van der Waals surface area (Å²) in [7, 11) is 1.37. The van der Waals surface area contributed by atoms with E-state index in [0.717, 1.165) is 18.4 Å². The molecule has 5 nitrogen and oxygen atoms in total. The van der Waals surface area contributed by atoms with Gasteiger partial charge in [0, 0.05) is 10.5 Å². The van der Waals surface area contributed by atoms with Gasteiger partial charge in [-0.05, 0) is 31.2 Å². The number of nitrogens with one attached hydrogen (secondary N) is 1. The molecule has 1 aromatic carbocycles. The van der Waals surface area contributed by atoms with E-state index in [0.29, 0.717) is 23.3 Å². The van der Waals surface area contributed by atoms with E-state index < -0.39 is 11.6 Å². The van der Waals surface area contributed by atoms with Gasteiger partial charge in [0.2, 0.25) is 0 Å². The lowest BCUT2D eigenvalue weighted by Gasteiger charge is -2.44. The van der Waals surface area contributed by atoms with Crippen molar-refractivity contribution >= 4 is 23.8 Å². The monoisotopic (exact) mass is 349 g/mol. The van der Waals surface area contributed by atoms with Gasteiger partial charge in [0.05, 0.1) is 7.11 Å². The predicted octanol–water partition coefficient (Wildman–Crippen LogP) is 3.27. The van der Waals surface area contributed by atoms with Gasteiger partial charge in [-0.1, -0.05) is 36.8 Å². The van der Waals surface area contributed by atoms with Crippen LogP contribution in [0.2, 0.25) is 0 Å². The van der Waals surface area contributed by atoms with E-state index in [4.69, 9.17) is 9.47 Å². The summed E-state index contributed by atoms with van der Waals surface area (Å²) in [4.78, 5) is 24.7. The molecule has 6 heteroatoms. The Balaban J connectivity index is 1.66. The fourth-order valence-corrected chi connectivity index (χ4v) is 5.52. The first-order valence-corrected chi connectivity index (χ1v) is 9.28. The third-order valence-corrected chi connectivity index (χ3v) is 6.29. The summed E-state index contributed by atoms with van der Waals surface area (Å²) in [6, 6.07) is 9.49. The lowest BCUT2D eigenvalue weighted by atomic mass is 9.82. The summed E-state index contributed by atoms with van der Waals surface area (Å²) in [5.41, 5.74) is -0.0420. The predicted molar refractivity (Wildman–Crippen MR) is 92.8 cm³/mol. The third-order valence-electron chi connectivity index (χ3n) is 4.72. The summed E-state index contributed by atoms with van der Waals surface area (Å²) in [6.45, 7) is 0.186. The maximum atomic E-state index is 12.4. The van der Waals surface area contributed by atoms with Gasteiger partial charge in [-0.25, -0.2) is 9.59 Å². The molecule has 24 heavy (non-hydrogen) atoms. The van der Waals surface area contributed by atoms with Gasteiger partial charge >= 0.3 is 12.1 Å². The Morgan fingerprint density at radius 2 is 1.88 bits per heavy atom. The van der Waals surface area contributed by atoms with Crippen LogP contribution in [0.3, 0.4) is 0 Å². The number of carbonyl (C=O) groups excluding carboxylic acids is 2. The number of amides is 1. The van der Waals surface area contributed by atoms with Gasteiger partial charge in [0.25, 0.3) is 0 Å². The van der Waals surface area contributed by atoms with Gasteiger partial charge in [0.1, 0.15) is 12.1 Å². The van der Waals surface area contributed by atoms with Gasteiger partial charge < -0.3 is 14.8 Å². The highest BCUT2D eigenvalue weighted by Crippen LogP contribution is 2.46. The molecule has 130 valence electrons. The molecule has 2 aliphatic heterocycles. The Labute approximate surface area is 146 Å². The summed E-state index contributed by atoms with van der Waals surface area (Å²) >= 11 is 1.94. The summed E-state index contributed by atoms with van der Waals surface area (Å²) in [5.74, 6) is -0.364. The molecule has 2 atom stereocenters. The first-order valence-electron chi connectivity index (χ1n) is 8.34. The molecule has 0 spiro atoms. The number of hydrogen-bond acceptors (Lipinski definition) is 5. The van der Waals surface area contributed by atoms with E-state index in [9.17, 15) is 9.59 Å². The third kappa shape index (κ3) is 3.86. The Hall–Kier alpha value is -1.69. The maximum Gasteiger partial charge on any atom is 0.408 e. The Morgan fingerprint density at radius 1 is 1.21 bits per heavy atom. The standard InChI is InChI=1S/C18H23NO4S/c1-22-16(20)18(10-14-8-5-9-15(11-18)24-14)19-17(21)23-12-13-6-3-2-4-7-13/h2-4,6-7,14-15H,5,8-12H2,1H3,(H,19,21). The minimum absolute atomic E-state index is 0.186. The minimum Gasteiger partial charge on any atom is -0.467 e. The molecule has 0 aliphatic carbocycles. The summed E-state index contributed by atoms with van der Waals surface area (Å²) in [5, 5.41) is 3.62. The molecule has 1 amide bonds. The highest BCUT2D eigenvalue weighted by Gasteiger charge is 2.50. The first kappa shape index (κ1) is 17.1. The van der Waals surface area contributed by atoms with Crippen LogP contribution in [0.15, 0.2) is 30.3 Å². The van der Waals surface area contributed by atoms with Crippen LogP contribution in [0, 0.1) is 0 Å². The zero-order valence-electron chi connectivity index (χ0n) is 13.8. The number of hydrogen-bond donors (Lipinski definition) is 1. The van der Waals surface area contributed by atoms with Crippen molar-refractivity contribution in [2.24, 2.45) is 0 Å². The molecule has 0 aromatic heterocycles. The fraction of sp³-hybridized carbons (Fsp3) is 0.556. The van der Waals surface area contributed by atoms with Crippen LogP contribution >= 0.6 is 11.8 Å². The summed E-state index contributed by atoms with van der Waals surface area (Å²) < 4.78 is 10.3. The zero-order valence-corrected chi connectivity index (χ0v) is 14.6. The summed E-state index contributed by atoms with van der Waals surface area (Å²) in [6.07, 6.45) is 4.02. The smallest absolute Gasteiger partial charge is 0.408 e. The number of esters is 1. The molecular formula is C18H23NO4S. The molecule has 2 bridgehead atoms. The van der Waals surface area contributed by atoms with Crippen molar-refractivity contribution in [2.75, 3.05) is 7.11 Å². The number of rotatable bonds is 4. The lowest BCUT2D eigenvalue weighted by molar-refractivity contribution is -0.149. The zero-order chi connectivity index (χ0) is 17.0. The molecule has 0 saturated carbocycles. The van der Waals surface area contributed by atoms with Crippen LogP contribution < -0.4 is 5.32 Å². The van der Waals surface area contributed by atoms with E-state index in [1.165, 1.54) is 13.5 Å². The molecule has 2 fully saturated rings. The molecule has 2 unspecified atom stereocenters. The van der Waals surface area contributed by atoms with Crippen LogP contribution in [-0.2, 0) is 20.9 Å². The van der Waals surface area contributed by atoms with E-state index in [2.05, 4.69) is 5.32 Å². The maximum absolute atomic E-state index is 12.4. The largest absolute Gasteiger partial charge is 0.467 e. The van der Waals surface area contributed by atoms with E-state index >= 15 is 0 Å². The fourth-order valence-electron chi connectivity index (χ4n) is 3.61. The van der Waals surface area contributed by atoms with Gasteiger partial charge in [-0.2, -0.15) is 11.8 Å². The lowest BCUT2D eigenvalue weighted by Crippen LogP contribution is -2.60. The van der Waals surface area contributed by atoms with Crippen molar-refractivity contribution in [3.63, 3.8) is 0 Å². The van der Waals surface area contributed by atoms with Crippen LogP contribution in [0.4, 0.5) is 4.79 Å². The van der Waals surface area contributed by atoms with Gasteiger partial charge in [-0.15, -0.1) is 0 Å². The van der Waals surface area contributed by atoms with Gasteiger partial charge in [0.15, 0.2) is 0 Å². The molecule has 2 saturated heterocycles. The molecule has 1 aromatic rings. The molecule has 2 aliphatic rings. The van der Waals surface area contributed by atoms with Crippen molar-refractivity contribution in [3.8, 4) is 0 Å². The number of benzene rings is 1. The average Bonchev–Trinajstić information content (AvgIpc) is 2.60. The molecule has 0 radical (unpaired) electrons. The molecule has 3 rings (SSSR count). The highest BCUT2D eigenvalue weighted by atomic mass is 32.2. The Bertz CT molecular complexity index is 580. The first-order chi connectivity index (χ1) is 11.6. The second kappa shape index (κ2) is 7.47. The average molecular weight is 349 g/mol. The topological polar surface area (TPSA) is 64.6 Å². The van der Waals surface area contributed by atoms with E-state index in [1.807, 2.05) is 42.1 Å². The highest BCUT2D eigenvalue weighted by molar-refractivity contribution is 8.00. The SMILES string of the molecule is COC(=O)C1(NC(=O)OCc2ccccc2)CC2CCCC(C1)S2. The molecular weight excluding hydrogens is 326 g/mol. The molecule has 2 heterocycles. The number of ether oxygens (including phenoxy) is 2. The Kier molecular flexibility index (Phi) is 5.33. The van der Waals surface area contributed by atoms with Crippen LogP contribution in [0.1, 0.15) is 37.7 Å². The molecule has 1 N–H and O–H groups in total. The number of methoxy groups -OCH3 is 1. The van der Waals surface area contributed by atoms with Crippen molar-refractivity contribution < 1.29 is 19.1 Å². The minimum atomic E-state index is -0.955. The number of alkyl carbamates (subject to hydrolysis) is 1.